The van der Waals surface area contributed by atoms with Gasteiger partial charge in [0.15, 0.2) is 0 Å². The van der Waals surface area contributed by atoms with Crippen LogP contribution < -0.4 is 0 Å². The Morgan fingerprint density at radius 1 is 1.17 bits per heavy atom. The van der Waals surface area contributed by atoms with Crippen LogP contribution in [0.3, 0.4) is 0 Å². The fourth-order valence-electron chi connectivity index (χ4n) is 0.508. The Hall–Kier alpha value is -1.19. The molecule has 0 radical (unpaired) electrons. The van der Waals surface area contributed by atoms with E-state index in [-0.39, 0.29) is 5.78 Å². The third-order valence-electron chi connectivity index (χ3n) is 1.82. The van der Waals surface area contributed by atoms with Gasteiger partial charge in [0, 0.05) is 0 Å². The number of ether oxygens (including phenoxy) is 1. The van der Waals surface area contributed by atoms with Gasteiger partial charge in [-0.3, -0.25) is 9.59 Å². The lowest BCUT2D eigenvalue weighted by Crippen LogP contribution is -2.37. The van der Waals surface area contributed by atoms with Crippen molar-refractivity contribution >= 4 is 17.5 Å². The number of esters is 1. The summed E-state index contributed by atoms with van der Waals surface area (Å²) in [5.74, 6) is -2.13. The SMILES string of the molecule is COC(=O)C(=O)C(C)(C)C(C)=O. The minimum atomic E-state index is -1.27. The van der Waals surface area contributed by atoms with Crippen LogP contribution in [0.15, 0.2) is 0 Å². The van der Waals surface area contributed by atoms with Crippen molar-refractivity contribution in [3.8, 4) is 0 Å². The van der Waals surface area contributed by atoms with Gasteiger partial charge in [0.1, 0.15) is 5.78 Å². The van der Waals surface area contributed by atoms with Crippen molar-refractivity contribution < 1.29 is 19.1 Å². The van der Waals surface area contributed by atoms with Crippen molar-refractivity contribution in [1.82, 2.24) is 0 Å². The summed E-state index contributed by atoms with van der Waals surface area (Å²) in [5, 5.41) is 0. The lowest BCUT2D eigenvalue weighted by Gasteiger charge is -2.16. The number of hydrogen-bond donors (Lipinski definition) is 0. The van der Waals surface area contributed by atoms with Crippen LogP contribution in [0.2, 0.25) is 0 Å². The molecule has 0 spiro atoms. The first-order valence-electron chi connectivity index (χ1n) is 3.47. The van der Waals surface area contributed by atoms with Crippen LogP contribution in [-0.4, -0.2) is 24.6 Å². The molecule has 0 aliphatic carbocycles. The molecule has 0 bridgehead atoms. The topological polar surface area (TPSA) is 60.4 Å². The molecule has 0 fully saturated rings. The Labute approximate surface area is 70.9 Å². The van der Waals surface area contributed by atoms with Crippen molar-refractivity contribution in [2.24, 2.45) is 5.41 Å². The first kappa shape index (κ1) is 10.8. The van der Waals surface area contributed by atoms with E-state index in [0.29, 0.717) is 0 Å². The number of Topliss-reactive ketones (excluding diaryl/α,β-unsaturated/α-hetero) is 2. The van der Waals surface area contributed by atoms with Gasteiger partial charge in [-0.2, -0.15) is 0 Å². The van der Waals surface area contributed by atoms with E-state index >= 15 is 0 Å². The van der Waals surface area contributed by atoms with Crippen LogP contribution in [0.5, 0.6) is 0 Å². The molecule has 68 valence electrons. The van der Waals surface area contributed by atoms with E-state index in [9.17, 15) is 14.4 Å². The fourth-order valence-corrected chi connectivity index (χ4v) is 0.508. The summed E-state index contributed by atoms with van der Waals surface area (Å²) in [4.78, 5) is 32.8. The quantitative estimate of drug-likeness (QED) is 0.350. The van der Waals surface area contributed by atoms with Gasteiger partial charge in [-0.25, -0.2) is 4.79 Å². The summed E-state index contributed by atoms with van der Waals surface area (Å²) in [6.07, 6.45) is 0. The Morgan fingerprint density at radius 3 is 1.83 bits per heavy atom. The summed E-state index contributed by atoms with van der Waals surface area (Å²) in [5.41, 5.74) is -1.27. The molecule has 12 heavy (non-hydrogen) atoms. The number of carbonyl (C=O) groups excluding carboxylic acids is 3. The van der Waals surface area contributed by atoms with Crippen LogP contribution in [-0.2, 0) is 19.1 Å². The van der Waals surface area contributed by atoms with Crippen molar-refractivity contribution in [2.45, 2.75) is 20.8 Å². The lowest BCUT2D eigenvalue weighted by molar-refractivity contribution is -0.157. The maximum absolute atomic E-state index is 11.1. The molecule has 4 nitrogen and oxygen atoms in total. The largest absolute Gasteiger partial charge is 0.463 e. The highest BCUT2D eigenvalue weighted by Gasteiger charge is 2.37. The van der Waals surface area contributed by atoms with Gasteiger partial charge in [0.2, 0.25) is 0 Å². The van der Waals surface area contributed by atoms with Crippen LogP contribution in [0.4, 0.5) is 0 Å². The average molecular weight is 172 g/mol. The zero-order chi connectivity index (χ0) is 9.94. The predicted octanol–water partition coefficient (Wildman–Crippen LogP) is 0.344. The maximum Gasteiger partial charge on any atom is 0.375 e. The predicted molar refractivity (Wildman–Crippen MR) is 41.5 cm³/mol. The number of rotatable bonds is 3. The van der Waals surface area contributed by atoms with Gasteiger partial charge < -0.3 is 4.74 Å². The molecule has 0 atom stereocenters. The molecule has 0 unspecified atom stereocenters. The van der Waals surface area contributed by atoms with E-state index in [1.165, 1.54) is 20.8 Å². The van der Waals surface area contributed by atoms with Crippen LogP contribution >= 0.6 is 0 Å². The Morgan fingerprint density at radius 2 is 1.58 bits per heavy atom. The third-order valence-corrected chi connectivity index (χ3v) is 1.82. The smallest absolute Gasteiger partial charge is 0.375 e. The molecular formula is C8H12O4. The molecule has 0 aromatic carbocycles. The van der Waals surface area contributed by atoms with E-state index in [0.717, 1.165) is 7.11 Å². The van der Waals surface area contributed by atoms with Gasteiger partial charge in [0.05, 0.1) is 12.5 Å². The molecule has 0 N–H and O–H groups in total. The Bertz CT molecular complexity index is 227. The van der Waals surface area contributed by atoms with E-state index in [4.69, 9.17) is 0 Å². The van der Waals surface area contributed by atoms with Crippen molar-refractivity contribution in [3.63, 3.8) is 0 Å². The molecule has 0 aromatic rings. The average Bonchev–Trinajstić information content (AvgIpc) is 2.01. The van der Waals surface area contributed by atoms with E-state index in [1.54, 1.807) is 0 Å². The summed E-state index contributed by atoms with van der Waals surface area (Å²) in [7, 11) is 1.11. The molecule has 0 aliphatic heterocycles. The Kier molecular flexibility index (Phi) is 3.13. The van der Waals surface area contributed by atoms with E-state index in [1.807, 2.05) is 0 Å². The van der Waals surface area contributed by atoms with Crippen LogP contribution in [0.25, 0.3) is 0 Å². The van der Waals surface area contributed by atoms with Gasteiger partial charge in [-0.05, 0) is 20.8 Å². The van der Waals surface area contributed by atoms with Crippen LogP contribution in [0, 0.1) is 5.41 Å². The van der Waals surface area contributed by atoms with Crippen molar-refractivity contribution in [3.05, 3.63) is 0 Å². The highest BCUT2D eigenvalue weighted by Crippen LogP contribution is 2.18. The minimum Gasteiger partial charge on any atom is -0.463 e. The Balaban J connectivity index is 4.69. The monoisotopic (exact) mass is 172 g/mol. The number of hydrogen-bond acceptors (Lipinski definition) is 4. The molecule has 0 aromatic heterocycles. The highest BCUT2D eigenvalue weighted by atomic mass is 16.5. The zero-order valence-corrected chi connectivity index (χ0v) is 7.63. The molecule has 0 rings (SSSR count). The zero-order valence-electron chi connectivity index (χ0n) is 7.63. The molecular weight excluding hydrogens is 160 g/mol. The second-order valence-electron chi connectivity index (χ2n) is 3.00. The first-order chi connectivity index (χ1) is 5.34. The third kappa shape index (κ3) is 1.90. The molecule has 4 heteroatoms. The molecule has 0 amide bonds. The first-order valence-corrected chi connectivity index (χ1v) is 3.47. The van der Waals surface area contributed by atoms with E-state index < -0.39 is 17.2 Å². The number of ketones is 2. The number of methoxy groups -OCH3 is 1. The molecule has 0 heterocycles. The highest BCUT2D eigenvalue weighted by molar-refractivity contribution is 6.39. The maximum atomic E-state index is 11.1. The standard InChI is InChI=1S/C8H12O4/c1-5(9)8(2,3)6(10)7(11)12-4/h1-4H3. The van der Waals surface area contributed by atoms with Gasteiger partial charge in [0.25, 0.3) is 5.78 Å². The second kappa shape index (κ2) is 3.47. The van der Waals surface area contributed by atoms with Crippen LogP contribution in [0.1, 0.15) is 20.8 Å². The molecule has 0 aliphatic rings. The molecule has 0 saturated carbocycles. The molecule has 0 saturated heterocycles. The minimum absolute atomic E-state index is 0.349. The second-order valence-corrected chi connectivity index (χ2v) is 3.00. The summed E-state index contributed by atoms with van der Waals surface area (Å²) in [6.45, 7) is 4.06. The van der Waals surface area contributed by atoms with Gasteiger partial charge >= 0.3 is 5.97 Å². The van der Waals surface area contributed by atoms with Gasteiger partial charge in [-0.15, -0.1) is 0 Å². The fraction of sp³-hybridized carbons (Fsp3) is 0.625. The van der Waals surface area contributed by atoms with Crippen molar-refractivity contribution in [1.29, 1.82) is 0 Å². The number of carbonyl (C=O) groups is 3. The van der Waals surface area contributed by atoms with Gasteiger partial charge in [-0.1, -0.05) is 0 Å². The van der Waals surface area contributed by atoms with E-state index in [2.05, 4.69) is 4.74 Å². The normalized spacial score (nSPS) is 10.7. The van der Waals surface area contributed by atoms with Crippen molar-refractivity contribution in [2.75, 3.05) is 7.11 Å². The lowest BCUT2D eigenvalue weighted by atomic mass is 9.84. The summed E-state index contributed by atoms with van der Waals surface area (Å²) in [6, 6.07) is 0. The summed E-state index contributed by atoms with van der Waals surface area (Å²) >= 11 is 0. The summed E-state index contributed by atoms with van der Waals surface area (Å²) < 4.78 is 4.21.